The summed E-state index contributed by atoms with van der Waals surface area (Å²) < 4.78 is 0. The molecule has 3 amide bonds. The summed E-state index contributed by atoms with van der Waals surface area (Å²) in [5.74, 6) is -3.50. The van der Waals surface area contributed by atoms with Crippen molar-refractivity contribution in [2.24, 2.45) is 0 Å². The van der Waals surface area contributed by atoms with Crippen LogP contribution in [0.3, 0.4) is 0 Å². The van der Waals surface area contributed by atoms with Crippen LogP contribution in [0.4, 0.5) is 0 Å². The van der Waals surface area contributed by atoms with E-state index in [9.17, 15) is 29.1 Å². The molecule has 10 heteroatoms. The van der Waals surface area contributed by atoms with Gasteiger partial charge < -0.3 is 25.3 Å². The van der Waals surface area contributed by atoms with E-state index in [0.717, 1.165) is 0 Å². The maximum atomic E-state index is 12.8. The third-order valence-corrected chi connectivity index (χ3v) is 4.96. The molecule has 0 bridgehead atoms. The van der Waals surface area contributed by atoms with Gasteiger partial charge in [-0.1, -0.05) is 0 Å². The summed E-state index contributed by atoms with van der Waals surface area (Å²) >= 11 is 0. The first-order valence-corrected chi connectivity index (χ1v) is 9.07. The van der Waals surface area contributed by atoms with E-state index in [2.05, 4.69) is 5.32 Å². The van der Waals surface area contributed by atoms with E-state index >= 15 is 0 Å². The van der Waals surface area contributed by atoms with Crippen molar-refractivity contribution in [3.05, 3.63) is 0 Å². The zero-order valence-electron chi connectivity index (χ0n) is 15.2. The van der Waals surface area contributed by atoms with E-state index in [0.29, 0.717) is 38.8 Å². The highest BCUT2D eigenvalue weighted by Gasteiger charge is 2.42. The predicted molar refractivity (Wildman–Crippen MR) is 91.6 cm³/mol. The van der Waals surface area contributed by atoms with Crippen molar-refractivity contribution in [3.8, 4) is 0 Å². The monoisotopic (exact) mass is 383 g/mol. The first-order valence-electron chi connectivity index (χ1n) is 9.07. The number of likely N-dealkylation sites (tertiary alicyclic amines) is 2. The molecule has 0 aliphatic carbocycles. The molecule has 0 radical (unpaired) electrons. The summed E-state index contributed by atoms with van der Waals surface area (Å²) in [5, 5.41) is 20.3. The Morgan fingerprint density at radius 2 is 1.56 bits per heavy atom. The van der Waals surface area contributed by atoms with Crippen molar-refractivity contribution in [1.82, 2.24) is 15.1 Å². The number of nitrogens with zero attached hydrogens (tertiary/aromatic N) is 2. The number of nitrogens with one attached hydrogen (secondary N) is 1. The normalized spacial score (nSPS) is 23.1. The Bertz CT molecular complexity index is 636. The molecule has 2 rings (SSSR count). The topological polar surface area (TPSA) is 144 Å². The Kier molecular flexibility index (Phi) is 6.75. The zero-order valence-corrected chi connectivity index (χ0v) is 15.2. The SMILES string of the molecule is C[C@H](NC(=O)CCC(=O)O)C(=O)N1CCC[C@H]1C(=O)N1CCC[C@H]1C(=O)O. The number of aliphatic carboxylic acids is 2. The lowest BCUT2D eigenvalue weighted by Crippen LogP contribution is -2.54. The molecule has 2 aliphatic heterocycles. The Labute approximate surface area is 156 Å². The van der Waals surface area contributed by atoms with Gasteiger partial charge in [0.25, 0.3) is 0 Å². The molecule has 0 aromatic heterocycles. The number of rotatable bonds is 7. The molecule has 2 heterocycles. The van der Waals surface area contributed by atoms with Crippen LogP contribution in [0.15, 0.2) is 0 Å². The molecule has 3 N–H and O–H groups in total. The molecule has 0 saturated carbocycles. The van der Waals surface area contributed by atoms with Gasteiger partial charge in [0, 0.05) is 19.5 Å². The lowest BCUT2D eigenvalue weighted by Gasteiger charge is -2.31. The van der Waals surface area contributed by atoms with Crippen molar-refractivity contribution in [2.45, 2.75) is 63.6 Å². The van der Waals surface area contributed by atoms with Crippen molar-refractivity contribution in [3.63, 3.8) is 0 Å². The van der Waals surface area contributed by atoms with E-state index in [1.807, 2.05) is 0 Å². The molecular formula is C17H25N3O7. The van der Waals surface area contributed by atoms with Crippen molar-refractivity contribution >= 4 is 29.7 Å². The number of carboxylic acids is 2. The van der Waals surface area contributed by atoms with Gasteiger partial charge in [0.15, 0.2) is 0 Å². The van der Waals surface area contributed by atoms with E-state index in [-0.39, 0.29) is 18.7 Å². The van der Waals surface area contributed by atoms with Crippen LogP contribution in [-0.4, -0.2) is 80.9 Å². The van der Waals surface area contributed by atoms with Gasteiger partial charge in [-0.05, 0) is 32.6 Å². The summed E-state index contributed by atoms with van der Waals surface area (Å²) in [7, 11) is 0. The summed E-state index contributed by atoms with van der Waals surface area (Å²) in [6, 6.07) is -2.48. The van der Waals surface area contributed by atoms with Gasteiger partial charge in [0.2, 0.25) is 17.7 Å². The van der Waals surface area contributed by atoms with Gasteiger partial charge in [-0.2, -0.15) is 0 Å². The minimum atomic E-state index is -1.10. The third kappa shape index (κ3) is 4.95. The van der Waals surface area contributed by atoms with Crippen LogP contribution < -0.4 is 5.32 Å². The summed E-state index contributed by atoms with van der Waals surface area (Å²) in [6.45, 7) is 2.20. The zero-order chi connectivity index (χ0) is 20.1. The minimum Gasteiger partial charge on any atom is -0.481 e. The maximum absolute atomic E-state index is 12.8. The third-order valence-electron chi connectivity index (χ3n) is 4.96. The highest BCUT2D eigenvalue weighted by atomic mass is 16.4. The fourth-order valence-corrected chi connectivity index (χ4v) is 3.61. The average molecular weight is 383 g/mol. The largest absolute Gasteiger partial charge is 0.481 e. The molecule has 0 unspecified atom stereocenters. The number of hydrogen-bond acceptors (Lipinski definition) is 5. The van der Waals surface area contributed by atoms with Crippen LogP contribution >= 0.6 is 0 Å². The van der Waals surface area contributed by atoms with E-state index in [1.165, 1.54) is 16.7 Å². The van der Waals surface area contributed by atoms with E-state index in [4.69, 9.17) is 5.11 Å². The summed E-state index contributed by atoms with van der Waals surface area (Å²) in [4.78, 5) is 61.8. The Morgan fingerprint density at radius 3 is 2.15 bits per heavy atom. The first-order chi connectivity index (χ1) is 12.7. The average Bonchev–Trinajstić information content (AvgIpc) is 3.27. The van der Waals surface area contributed by atoms with Gasteiger partial charge in [0.05, 0.1) is 6.42 Å². The molecule has 0 aromatic rings. The minimum absolute atomic E-state index is 0.233. The molecule has 10 nitrogen and oxygen atoms in total. The molecule has 27 heavy (non-hydrogen) atoms. The van der Waals surface area contributed by atoms with Crippen LogP contribution in [0.25, 0.3) is 0 Å². The fraction of sp³-hybridized carbons (Fsp3) is 0.706. The molecule has 0 aromatic carbocycles. The fourth-order valence-electron chi connectivity index (χ4n) is 3.61. The highest BCUT2D eigenvalue weighted by molar-refractivity contribution is 5.94. The smallest absolute Gasteiger partial charge is 0.326 e. The Balaban J connectivity index is 1.99. The van der Waals surface area contributed by atoms with Gasteiger partial charge in [-0.25, -0.2) is 4.79 Å². The van der Waals surface area contributed by atoms with Crippen LogP contribution in [0.5, 0.6) is 0 Å². The quantitative estimate of drug-likeness (QED) is 0.533. The molecule has 2 fully saturated rings. The highest BCUT2D eigenvalue weighted by Crippen LogP contribution is 2.25. The number of carbonyl (C=O) groups excluding carboxylic acids is 3. The number of carbonyl (C=O) groups is 5. The molecule has 3 atom stereocenters. The molecule has 2 saturated heterocycles. The Morgan fingerprint density at radius 1 is 0.963 bits per heavy atom. The molecule has 2 aliphatic rings. The second-order valence-corrected chi connectivity index (χ2v) is 6.90. The van der Waals surface area contributed by atoms with Gasteiger partial charge in [-0.15, -0.1) is 0 Å². The number of hydrogen-bond donors (Lipinski definition) is 3. The lowest BCUT2D eigenvalue weighted by atomic mass is 10.1. The molecular weight excluding hydrogens is 358 g/mol. The molecule has 150 valence electrons. The van der Waals surface area contributed by atoms with Crippen LogP contribution in [0, 0.1) is 0 Å². The van der Waals surface area contributed by atoms with Gasteiger partial charge in [0.1, 0.15) is 18.1 Å². The Hall–Kier alpha value is -2.65. The van der Waals surface area contributed by atoms with E-state index < -0.39 is 41.9 Å². The second kappa shape index (κ2) is 8.83. The second-order valence-electron chi connectivity index (χ2n) is 6.90. The van der Waals surface area contributed by atoms with Crippen LogP contribution in [0.1, 0.15) is 45.4 Å². The number of amides is 3. The number of carboxylic acid groups (broad SMARTS) is 2. The van der Waals surface area contributed by atoms with Crippen molar-refractivity contribution in [1.29, 1.82) is 0 Å². The van der Waals surface area contributed by atoms with Crippen molar-refractivity contribution < 1.29 is 34.2 Å². The summed E-state index contributed by atoms with van der Waals surface area (Å²) in [6.07, 6.45) is 1.52. The van der Waals surface area contributed by atoms with Crippen LogP contribution in [-0.2, 0) is 24.0 Å². The predicted octanol–water partition coefficient (Wildman–Crippen LogP) is -0.577. The van der Waals surface area contributed by atoms with Crippen LogP contribution in [0.2, 0.25) is 0 Å². The van der Waals surface area contributed by atoms with Gasteiger partial charge in [-0.3, -0.25) is 19.2 Å². The van der Waals surface area contributed by atoms with Crippen molar-refractivity contribution in [2.75, 3.05) is 13.1 Å². The summed E-state index contributed by atoms with van der Waals surface area (Å²) in [5.41, 5.74) is 0. The van der Waals surface area contributed by atoms with Gasteiger partial charge >= 0.3 is 11.9 Å². The standard InChI is InChI=1S/C17H25N3O7/c1-10(18-13(21)6-7-14(22)23)15(24)19-8-2-4-11(19)16(25)20-9-3-5-12(20)17(26)27/h10-12H,2-9H2,1H3,(H,18,21)(H,22,23)(H,26,27)/t10-,11-,12-/m0/s1. The first kappa shape index (κ1) is 20.7. The maximum Gasteiger partial charge on any atom is 0.326 e. The van der Waals surface area contributed by atoms with E-state index in [1.54, 1.807) is 0 Å². The lowest BCUT2D eigenvalue weighted by molar-refractivity contribution is -0.152. The molecule has 0 spiro atoms.